The van der Waals surface area contributed by atoms with Gasteiger partial charge in [-0.05, 0) is 92.3 Å². The Balaban J connectivity index is 1.64. The Bertz CT molecular complexity index is 422. The second-order valence-corrected chi connectivity index (χ2v) is 9.20. The summed E-state index contributed by atoms with van der Waals surface area (Å²) in [5.74, 6) is 4.16. The van der Waals surface area contributed by atoms with Crippen molar-refractivity contribution >= 4 is 0 Å². The molecule has 0 bridgehead atoms. The number of fused-ring (bicyclic) bond motifs is 5. The maximum absolute atomic E-state index is 4.30. The summed E-state index contributed by atoms with van der Waals surface area (Å²) in [6, 6.07) is 0. The molecule has 4 aliphatic rings. The molecule has 4 aliphatic carbocycles. The van der Waals surface area contributed by atoms with E-state index in [0.717, 1.165) is 29.1 Å². The molecule has 0 N–H and O–H groups in total. The Morgan fingerprint density at radius 3 is 2.65 bits per heavy atom. The van der Waals surface area contributed by atoms with Crippen LogP contribution >= 0.6 is 0 Å². The van der Waals surface area contributed by atoms with Crippen LogP contribution < -0.4 is 0 Å². The quantitative estimate of drug-likeness (QED) is 0.476. The van der Waals surface area contributed by atoms with Crippen molar-refractivity contribution in [2.75, 3.05) is 0 Å². The van der Waals surface area contributed by atoms with Gasteiger partial charge in [-0.15, -0.1) is 0 Å². The van der Waals surface area contributed by atoms with E-state index in [4.69, 9.17) is 0 Å². The minimum Gasteiger partial charge on any atom is -0.0999 e. The average molecular weight is 272 g/mol. The molecule has 0 unspecified atom stereocenters. The molecule has 0 heteroatoms. The van der Waals surface area contributed by atoms with Gasteiger partial charge < -0.3 is 0 Å². The first-order chi connectivity index (χ1) is 9.53. The lowest BCUT2D eigenvalue weighted by Crippen LogP contribution is -2.51. The van der Waals surface area contributed by atoms with Crippen LogP contribution in [-0.2, 0) is 0 Å². The third-order valence-electron chi connectivity index (χ3n) is 8.40. The fraction of sp³-hybridized carbons (Fsp3) is 0.900. The van der Waals surface area contributed by atoms with Gasteiger partial charge in [0.25, 0.3) is 0 Å². The van der Waals surface area contributed by atoms with Gasteiger partial charge in [-0.2, -0.15) is 0 Å². The van der Waals surface area contributed by atoms with E-state index >= 15 is 0 Å². The fourth-order valence-electron chi connectivity index (χ4n) is 7.15. The van der Waals surface area contributed by atoms with Crippen molar-refractivity contribution in [1.82, 2.24) is 0 Å². The molecular formula is C20H32. The Hall–Kier alpha value is -0.260. The molecule has 0 saturated heterocycles. The van der Waals surface area contributed by atoms with Crippen molar-refractivity contribution in [1.29, 1.82) is 0 Å². The Labute approximate surface area is 125 Å². The van der Waals surface area contributed by atoms with E-state index in [0.29, 0.717) is 5.41 Å². The van der Waals surface area contributed by atoms with Crippen molar-refractivity contribution < 1.29 is 0 Å². The second-order valence-electron chi connectivity index (χ2n) is 9.20. The minimum atomic E-state index is 0.661. The highest BCUT2D eigenvalue weighted by Crippen LogP contribution is 2.66. The van der Waals surface area contributed by atoms with Gasteiger partial charge in [-0.25, -0.2) is 0 Å². The average Bonchev–Trinajstić information content (AvgIpc) is 2.81. The van der Waals surface area contributed by atoms with Gasteiger partial charge in [-0.1, -0.05) is 32.4 Å². The maximum atomic E-state index is 4.30. The van der Waals surface area contributed by atoms with Crippen LogP contribution in [-0.4, -0.2) is 0 Å². The molecule has 4 fully saturated rings. The van der Waals surface area contributed by atoms with Crippen molar-refractivity contribution in [3.63, 3.8) is 0 Å². The van der Waals surface area contributed by atoms with Crippen LogP contribution in [0.5, 0.6) is 0 Å². The Morgan fingerprint density at radius 1 is 0.950 bits per heavy atom. The monoisotopic (exact) mass is 272 g/mol. The first-order valence-electron chi connectivity index (χ1n) is 9.20. The third-order valence-corrected chi connectivity index (χ3v) is 8.40. The summed E-state index contributed by atoms with van der Waals surface area (Å²) in [4.78, 5) is 0. The van der Waals surface area contributed by atoms with Crippen LogP contribution in [0.4, 0.5) is 0 Å². The van der Waals surface area contributed by atoms with Crippen molar-refractivity contribution in [3.8, 4) is 0 Å². The smallest absolute Gasteiger partial charge is 0.0260 e. The molecule has 0 spiro atoms. The minimum absolute atomic E-state index is 0.661. The number of hydrogen-bond acceptors (Lipinski definition) is 0. The molecule has 0 aliphatic heterocycles. The molecule has 0 amide bonds. The highest BCUT2D eigenvalue weighted by Gasteiger charge is 2.57. The second kappa shape index (κ2) is 4.37. The van der Waals surface area contributed by atoms with Crippen LogP contribution in [0.15, 0.2) is 12.2 Å². The van der Waals surface area contributed by atoms with Gasteiger partial charge >= 0.3 is 0 Å². The molecule has 112 valence electrons. The zero-order chi connectivity index (χ0) is 14.0. The molecular weight excluding hydrogens is 240 g/mol. The largest absolute Gasteiger partial charge is 0.0999 e. The predicted octanol–water partition coefficient (Wildman–Crippen LogP) is 5.98. The number of hydrogen-bond donors (Lipinski definition) is 0. The maximum Gasteiger partial charge on any atom is -0.0260 e. The van der Waals surface area contributed by atoms with E-state index in [9.17, 15) is 0 Å². The SMILES string of the molecule is C=C1CC[C@]2(C)[C@H](CC[C@@H]3[C@H]4CCC[C@]4(C)CC[C@H]32)C1. The lowest BCUT2D eigenvalue weighted by molar-refractivity contribution is -0.0963. The molecule has 4 saturated carbocycles. The van der Waals surface area contributed by atoms with Crippen LogP contribution in [0.1, 0.15) is 78.1 Å². The van der Waals surface area contributed by atoms with Crippen molar-refractivity contribution in [2.45, 2.75) is 78.1 Å². The highest BCUT2D eigenvalue weighted by atomic mass is 14.6. The van der Waals surface area contributed by atoms with Gasteiger partial charge in [-0.3, -0.25) is 0 Å². The standard InChI is InChI=1S/C20H32/c1-14-8-12-20(3)15(13-14)6-7-16-17-5-4-10-19(17,2)11-9-18(16)20/h15-18H,1,4-13H2,2-3H3/t15-,16-,17-,18-,19-,20-/m1/s1. The molecule has 6 atom stereocenters. The lowest BCUT2D eigenvalue weighted by Gasteiger charge is -2.60. The van der Waals surface area contributed by atoms with E-state index in [1.807, 2.05) is 0 Å². The van der Waals surface area contributed by atoms with Gasteiger partial charge in [0, 0.05) is 0 Å². The summed E-state index contributed by atoms with van der Waals surface area (Å²) in [7, 11) is 0. The molecule has 0 nitrogen and oxygen atoms in total. The zero-order valence-electron chi connectivity index (χ0n) is 13.6. The molecule has 0 aromatic rings. The van der Waals surface area contributed by atoms with E-state index < -0.39 is 0 Å². The van der Waals surface area contributed by atoms with Crippen LogP contribution in [0.25, 0.3) is 0 Å². The summed E-state index contributed by atoms with van der Waals surface area (Å²) in [6.45, 7) is 9.59. The summed E-state index contributed by atoms with van der Waals surface area (Å²) in [5, 5.41) is 0. The molecule has 4 rings (SSSR count). The van der Waals surface area contributed by atoms with E-state index in [1.54, 1.807) is 18.4 Å². The van der Waals surface area contributed by atoms with Gasteiger partial charge in [0.05, 0.1) is 0 Å². The lowest BCUT2D eigenvalue weighted by atomic mass is 9.45. The van der Waals surface area contributed by atoms with Crippen LogP contribution in [0, 0.1) is 34.5 Å². The molecule has 0 aromatic carbocycles. The van der Waals surface area contributed by atoms with Gasteiger partial charge in [0.2, 0.25) is 0 Å². The third kappa shape index (κ3) is 1.72. The molecule has 20 heavy (non-hydrogen) atoms. The zero-order valence-corrected chi connectivity index (χ0v) is 13.6. The first-order valence-corrected chi connectivity index (χ1v) is 9.20. The van der Waals surface area contributed by atoms with E-state index in [1.165, 1.54) is 51.4 Å². The first kappa shape index (κ1) is 13.4. The van der Waals surface area contributed by atoms with E-state index in [-0.39, 0.29) is 0 Å². The van der Waals surface area contributed by atoms with Gasteiger partial charge in [0.1, 0.15) is 0 Å². The Kier molecular flexibility index (Phi) is 2.93. The van der Waals surface area contributed by atoms with Crippen LogP contribution in [0.2, 0.25) is 0 Å². The molecule has 0 radical (unpaired) electrons. The molecule has 0 aromatic heterocycles. The summed E-state index contributed by atoms with van der Waals surface area (Å²) >= 11 is 0. The predicted molar refractivity (Wildman–Crippen MR) is 85.5 cm³/mol. The summed E-state index contributed by atoms with van der Waals surface area (Å²) in [5.41, 5.74) is 2.93. The van der Waals surface area contributed by atoms with Crippen molar-refractivity contribution in [3.05, 3.63) is 12.2 Å². The van der Waals surface area contributed by atoms with Crippen LogP contribution in [0.3, 0.4) is 0 Å². The highest BCUT2D eigenvalue weighted by molar-refractivity contribution is 5.12. The van der Waals surface area contributed by atoms with Crippen molar-refractivity contribution in [2.24, 2.45) is 34.5 Å². The fourth-order valence-corrected chi connectivity index (χ4v) is 7.15. The number of rotatable bonds is 0. The molecule has 0 heterocycles. The normalized spacial score (nSPS) is 55.0. The van der Waals surface area contributed by atoms with Gasteiger partial charge in [0.15, 0.2) is 0 Å². The number of allylic oxidation sites excluding steroid dienone is 1. The summed E-state index contributed by atoms with van der Waals surface area (Å²) < 4.78 is 0. The van der Waals surface area contributed by atoms with E-state index in [2.05, 4.69) is 20.4 Å². The summed E-state index contributed by atoms with van der Waals surface area (Å²) in [6.07, 6.45) is 14.8. The Morgan fingerprint density at radius 2 is 1.80 bits per heavy atom. The topological polar surface area (TPSA) is 0 Å².